The number of benzene rings is 2. The van der Waals surface area contributed by atoms with Gasteiger partial charge in [-0.1, -0.05) is 24.3 Å². The average Bonchev–Trinajstić information content (AvgIpc) is 3.20. The Morgan fingerprint density at radius 2 is 1.83 bits per heavy atom. The molecule has 0 saturated carbocycles. The molecule has 0 saturated heterocycles. The predicted octanol–water partition coefficient (Wildman–Crippen LogP) is 1.82. The third-order valence-electron chi connectivity index (χ3n) is 5.85. The Labute approximate surface area is 167 Å². The van der Waals surface area contributed by atoms with Crippen LogP contribution in [0.25, 0.3) is 0 Å². The molecule has 2 N–H and O–H groups in total. The van der Waals surface area contributed by atoms with Crippen LogP contribution in [0.1, 0.15) is 27.4 Å². The van der Waals surface area contributed by atoms with Gasteiger partial charge in [0.15, 0.2) is 11.5 Å². The zero-order chi connectivity index (χ0) is 20.1. The highest BCUT2D eigenvalue weighted by atomic mass is 16.7. The van der Waals surface area contributed by atoms with Gasteiger partial charge >= 0.3 is 0 Å². The van der Waals surface area contributed by atoms with Gasteiger partial charge in [-0.15, -0.1) is 0 Å². The van der Waals surface area contributed by atoms with Gasteiger partial charge in [-0.05, 0) is 35.4 Å². The first kappa shape index (κ1) is 18.0. The molecule has 7 heteroatoms. The molecule has 4 atom stereocenters. The molecule has 0 radical (unpaired) electrons. The van der Waals surface area contributed by atoms with Crippen molar-refractivity contribution in [3.05, 3.63) is 65.2 Å². The zero-order valence-corrected chi connectivity index (χ0v) is 15.8. The first-order chi connectivity index (χ1) is 14.1. The number of nitrogens with zero attached hydrogens (tertiary/aromatic N) is 1. The van der Waals surface area contributed by atoms with Crippen LogP contribution in [-0.2, 0) is 6.54 Å². The highest BCUT2D eigenvalue weighted by Crippen LogP contribution is 2.45. The number of carbonyl (C=O) groups is 1. The van der Waals surface area contributed by atoms with Crippen molar-refractivity contribution in [2.45, 2.75) is 30.7 Å². The zero-order valence-electron chi connectivity index (χ0n) is 15.8. The summed E-state index contributed by atoms with van der Waals surface area (Å²) in [6.45, 7) is 0.419. The lowest BCUT2D eigenvalue weighted by molar-refractivity contribution is -0.0297. The van der Waals surface area contributed by atoms with Gasteiger partial charge in [-0.25, -0.2) is 0 Å². The van der Waals surface area contributed by atoms with Gasteiger partial charge in [0.1, 0.15) is 18.0 Å². The van der Waals surface area contributed by atoms with Gasteiger partial charge in [0.05, 0.1) is 13.2 Å². The molecule has 2 aromatic rings. The van der Waals surface area contributed by atoms with Crippen molar-refractivity contribution in [3.63, 3.8) is 0 Å². The van der Waals surface area contributed by atoms with Gasteiger partial charge < -0.3 is 29.3 Å². The lowest BCUT2D eigenvalue weighted by atomic mass is 9.75. The highest BCUT2D eigenvalue weighted by Gasteiger charge is 2.46. The summed E-state index contributed by atoms with van der Waals surface area (Å²) in [5.41, 5.74) is 2.20. The number of aliphatic hydroxyl groups excluding tert-OH is 2. The van der Waals surface area contributed by atoms with E-state index in [1.165, 1.54) is 0 Å². The Morgan fingerprint density at radius 1 is 1.10 bits per heavy atom. The van der Waals surface area contributed by atoms with E-state index in [0.717, 1.165) is 16.9 Å². The number of carbonyl (C=O) groups excluding carboxylic acids is 1. The molecule has 0 unspecified atom stereocenters. The fourth-order valence-electron chi connectivity index (χ4n) is 4.36. The number of aliphatic hydroxyl groups is 2. The molecule has 0 fully saturated rings. The number of ether oxygens (including phenoxy) is 3. The summed E-state index contributed by atoms with van der Waals surface area (Å²) >= 11 is 0. The largest absolute Gasteiger partial charge is 0.497 e. The molecule has 2 aliphatic heterocycles. The van der Waals surface area contributed by atoms with Crippen LogP contribution in [0.3, 0.4) is 0 Å². The number of fused-ring (bicyclic) bond motifs is 4. The smallest absolute Gasteiger partial charge is 0.254 e. The van der Waals surface area contributed by atoms with Crippen molar-refractivity contribution in [3.8, 4) is 17.2 Å². The summed E-state index contributed by atoms with van der Waals surface area (Å²) in [5, 5.41) is 21.0. The minimum atomic E-state index is -1.09. The van der Waals surface area contributed by atoms with E-state index >= 15 is 0 Å². The van der Waals surface area contributed by atoms with Crippen molar-refractivity contribution in [1.82, 2.24) is 4.90 Å². The molecule has 0 bridgehead atoms. The van der Waals surface area contributed by atoms with Crippen molar-refractivity contribution >= 4 is 5.91 Å². The molecule has 3 aliphatic rings. The molecular formula is C22H21NO6. The van der Waals surface area contributed by atoms with Crippen LogP contribution in [0.15, 0.2) is 48.6 Å². The van der Waals surface area contributed by atoms with E-state index in [1.54, 1.807) is 24.2 Å². The Morgan fingerprint density at radius 3 is 2.55 bits per heavy atom. The third kappa shape index (κ3) is 2.85. The van der Waals surface area contributed by atoms with Gasteiger partial charge in [-0.2, -0.15) is 0 Å². The first-order valence-corrected chi connectivity index (χ1v) is 9.48. The van der Waals surface area contributed by atoms with Crippen LogP contribution in [-0.4, -0.2) is 53.2 Å². The van der Waals surface area contributed by atoms with E-state index in [0.29, 0.717) is 23.6 Å². The minimum absolute atomic E-state index is 0.118. The minimum Gasteiger partial charge on any atom is -0.497 e. The van der Waals surface area contributed by atoms with Crippen LogP contribution in [0, 0.1) is 0 Å². The number of methoxy groups -OCH3 is 1. The summed E-state index contributed by atoms with van der Waals surface area (Å²) < 4.78 is 16.1. The number of hydrogen-bond donors (Lipinski definition) is 2. The molecule has 29 heavy (non-hydrogen) atoms. The first-order valence-electron chi connectivity index (χ1n) is 9.48. The normalized spacial score (nSPS) is 26.9. The van der Waals surface area contributed by atoms with E-state index in [1.807, 2.05) is 36.4 Å². The van der Waals surface area contributed by atoms with Gasteiger partial charge in [-0.3, -0.25) is 4.79 Å². The molecule has 1 aliphatic carbocycles. The van der Waals surface area contributed by atoms with Crippen molar-refractivity contribution < 1.29 is 29.2 Å². The van der Waals surface area contributed by atoms with Crippen LogP contribution in [0.5, 0.6) is 17.2 Å². The Hall–Kier alpha value is -3.03. The predicted molar refractivity (Wildman–Crippen MR) is 103 cm³/mol. The molecule has 7 nitrogen and oxygen atoms in total. The Kier molecular flexibility index (Phi) is 4.22. The summed E-state index contributed by atoms with van der Waals surface area (Å²) in [7, 11) is 1.60. The highest BCUT2D eigenvalue weighted by molar-refractivity contribution is 5.98. The van der Waals surface area contributed by atoms with Crippen LogP contribution in [0.2, 0.25) is 0 Å². The Balaban J connectivity index is 1.58. The summed E-state index contributed by atoms with van der Waals surface area (Å²) in [5.74, 6) is 1.39. The quantitative estimate of drug-likeness (QED) is 0.771. The topological polar surface area (TPSA) is 88.5 Å². The summed E-state index contributed by atoms with van der Waals surface area (Å²) in [4.78, 5) is 15.1. The lowest BCUT2D eigenvalue weighted by Crippen LogP contribution is -2.57. The molecular weight excluding hydrogens is 374 g/mol. The monoisotopic (exact) mass is 395 g/mol. The average molecular weight is 395 g/mol. The van der Waals surface area contributed by atoms with E-state index in [-0.39, 0.29) is 18.6 Å². The van der Waals surface area contributed by atoms with Gasteiger partial charge in [0.2, 0.25) is 6.79 Å². The van der Waals surface area contributed by atoms with E-state index in [2.05, 4.69) is 0 Å². The lowest BCUT2D eigenvalue weighted by Gasteiger charge is -2.46. The Bertz CT molecular complexity index is 986. The fraction of sp³-hybridized carbons (Fsp3) is 0.318. The van der Waals surface area contributed by atoms with Crippen molar-refractivity contribution in [1.29, 1.82) is 0 Å². The molecule has 150 valence electrons. The van der Waals surface area contributed by atoms with Crippen molar-refractivity contribution in [2.75, 3.05) is 13.9 Å². The third-order valence-corrected chi connectivity index (χ3v) is 5.85. The summed E-state index contributed by atoms with van der Waals surface area (Å²) in [6, 6.07) is 10.4. The van der Waals surface area contributed by atoms with E-state index in [9.17, 15) is 15.0 Å². The maximum absolute atomic E-state index is 13.4. The van der Waals surface area contributed by atoms with E-state index in [4.69, 9.17) is 14.2 Å². The standard InChI is InChI=1S/C22H21NO6/c1-27-13-4-2-12(3-5-13)10-23-20-14(6-7-17(24)21(20)25)15-8-18-19(29-11-28-18)9-16(15)22(23)26/h2-9,14,17,20-21,24-25H,10-11H2,1H3/t14-,17-,20-,21-/m1/s1. The summed E-state index contributed by atoms with van der Waals surface area (Å²) in [6.07, 6.45) is 1.32. The molecule has 0 spiro atoms. The second-order valence-electron chi connectivity index (χ2n) is 7.46. The molecule has 5 rings (SSSR count). The van der Waals surface area contributed by atoms with Gasteiger partial charge in [0.25, 0.3) is 5.91 Å². The maximum atomic E-state index is 13.4. The molecule has 2 aromatic carbocycles. The van der Waals surface area contributed by atoms with Crippen LogP contribution in [0.4, 0.5) is 0 Å². The van der Waals surface area contributed by atoms with Crippen molar-refractivity contribution in [2.24, 2.45) is 0 Å². The second-order valence-corrected chi connectivity index (χ2v) is 7.46. The van der Waals surface area contributed by atoms with E-state index < -0.39 is 18.2 Å². The fourth-order valence-corrected chi connectivity index (χ4v) is 4.36. The van der Waals surface area contributed by atoms with Gasteiger partial charge in [0, 0.05) is 18.0 Å². The second kappa shape index (κ2) is 6.79. The van der Waals surface area contributed by atoms with Crippen LogP contribution >= 0.6 is 0 Å². The maximum Gasteiger partial charge on any atom is 0.254 e. The number of hydrogen-bond acceptors (Lipinski definition) is 6. The molecule has 1 amide bonds. The number of amides is 1. The molecule has 0 aromatic heterocycles. The number of rotatable bonds is 3. The molecule has 2 heterocycles. The SMILES string of the molecule is COc1ccc(CN2C(=O)c3cc4c(cc3[C@H]3C=C[C@@H](O)[C@@H](O)[C@@H]32)OCO4)cc1. The van der Waals surface area contributed by atoms with Crippen LogP contribution < -0.4 is 14.2 Å².